The van der Waals surface area contributed by atoms with Gasteiger partial charge in [0, 0.05) is 25.2 Å². The molecule has 2 N–H and O–H groups in total. The van der Waals surface area contributed by atoms with E-state index in [-0.39, 0.29) is 43.7 Å². The van der Waals surface area contributed by atoms with Crippen molar-refractivity contribution in [2.75, 3.05) is 26.3 Å². The Morgan fingerprint density at radius 3 is 2.25 bits per heavy atom. The normalized spacial score (nSPS) is 17.4. The van der Waals surface area contributed by atoms with E-state index >= 15 is 0 Å². The van der Waals surface area contributed by atoms with Crippen LogP contribution >= 0.6 is 12.4 Å². The van der Waals surface area contributed by atoms with Crippen LogP contribution in [0.25, 0.3) is 0 Å². The van der Waals surface area contributed by atoms with Gasteiger partial charge in [0.25, 0.3) is 5.69 Å². The molecule has 3 rings (SSSR count). The van der Waals surface area contributed by atoms with Crippen LogP contribution in [0.4, 0.5) is 5.69 Å². The van der Waals surface area contributed by atoms with Gasteiger partial charge in [-0.15, -0.1) is 12.4 Å². The quantitative estimate of drug-likeness (QED) is 0.292. The highest BCUT2D eigenvalue weighted by atomic mass is 35.5. The SMILES string of the molecule is Cl.O=[N+]([O-])c1cc2c(cc1S(=O)(=O)NCCNC1CCCCCC1)OCCO2. The molecule has 0 spiro atoms. The third kappa shape index (κ3) is 5.69. The summed E-state index contributed by atoms with van der Waals surface area (Å²) in [5.74, 6) is 0.380. The van der Waals surface area contributed by atoms with Crippen LogP contribution in [0, 0.1) is 10.1 Å². The van der Waals surface area contributed by atoms with E-state index in [0.29, 0.717) is 12.6 Å². The lowest BCUT2D eigenvalue weighted by molar-refractivity contribution is -0.388. The second kappa shape index (κ2) is 10.2. The molecule has 9 nitrogen and oxygen atoms in total. The van der Waals surface area contributed by atoms with Gasteiger partial charge in [-0.1, -0.05) is 25.7 Å². The molecule has 1 aromatic carbocycles. The Balaban J connectivity index is 0.00000280. The van der Waals surface area contributed by atoms with Crippen molar-refractivity contribution in [3.63, 3.8) is 0 Å². The highest BCUT2D eigenvalue weighted by Crippen LogP contribution is 2.38. The van der Waals surface area contributed by atoms with Gasteiger partial charge in [0.2, 0.25) is 10.0 Å². The number of hydrogen-bond donors (Lipinski definition) is 2. The number of nitro groups is 1. The summed E-state index contributed by atoms with van der Waals surface area (Å²) in [6.45, 7) is 1.16. The number of rotatable bonds is 7. The number of ether oxygens (including phenoxy) is 2. The molecule has 0 atom stereocenters. The summed E-state index contributed by atoms with van der Waals surface area (Å²) in [7, 11) is -4.05. The molecule has 1 aliphatic heterocycles. The van der Waals surface area contributed by atoms with E-state index in [2.05, 4.69) is 10.0 Å². The molecule has 11 heteroatoms. The molecule has 1 aliphatic carbocycles. The summed E-state index contributed by atoms with van der Waals surface area (Å²) in [5, 5.41) is 14.7. The van der Waals surface area contributed by atoms with Crippen molar-refractivity contribution in [1.82, 2.24) is 10.0 Å². The van der Waals surface area contributed by atoms with Crippen molar-refractivity contribution >= 4 is 28.1 Å². The smallest absolute Gasteiger partial charge is 0.293 e. The van der Waals surface area contributed by atoms with E-state index in [1.54, 1.807) is 0 Å². The number of fused-ring (bicyclic) bond motifs is 1. The fourth-order valence-corrected chi connectivity index (χ4v) is 4.64. The van der Waals surface area contributed by atoms with E-state index < -0.39 is 25.5 Å². The lowest BCUT2D eigenvalue weighted by Crippen LogP contribution is -2.37. The highest BCUT2D eigenvalue weighted by molar-refractivity contribution is 7.89. The zero-order valence-electron chi connectivity index (χ0n) is 15.5. The Morgan fingerprint density at radius 2 is 1.64 bits per heavy atom. The van der Waals surface area contributed by atoms with Crippen LogP contribution in [0.15, 0.2) is 17.0 Å². The number of nitro benzene ring substituents is 1. The maximum Gasteiger partial charge on any atom is 0.293 e. The van der Waals surface area contributed by atoms with E-state index in [9.17, 15) is 18.5 Å². The Morgan fingerprint density at radius 1 is 1.04 bits per heavy atom. The molecular formula is C17H26ClN3O6S. The molecule has 1 fully saturated rings. The second-order valence-corrected chi connectivity index (χ2v) is 8.50. The number of benzene rings is 1. The third-order valence-corrected chi connectivity index (χ3v) is 6.31. The number of hydrogen-bond acceptors (Lipinski definition) is 7. The molecule has 0 bridgehead atoms. The average molecular weight is 436 g/mol. The minimum absolute atomic E-state index is 0. The van der Waals surface area contributed by atoms with E-state index in [0.717, 1.165) is 25.0 Å². The first-order chi connectivity index (χ1) is 13.0. The molecular weight excluding hydrogens is 410 g/mol. The van der Waals surface area contributed by atoms with Crippen LogP contribution in [0.5, 0.6) is 11.5 Å². The molecule has 0 amide bonds. The van der Waals surface area contributed by atoms with Crippen molar-refractivity contribution in [3.8, 4) is 11.5 Å². The topological polar surface area (TPSA) is 120 Å². The third-order valence-electron chi connectivity index (χ3n) is 4.82. The molecule has 1 aromatic rings. The summed E-state index contributed by atoms with van der Waals surface area (Å²) in [5.41, 5.74) is -0.525. The lowest BCUT2D eigenvalue weighted by atomic mass is 10.1. The molecule has 0 unspecified atom stereocenters. The van der Waals surface area contributed by atoms with Gasteiger partial charge in [0.15, 0.2) is 16.4 Å². The van der Waals surface area contributed by atoms with Crippen molar-refractivity contribution < 1.29 is 22.8 Å². The van der Waals surface area contributed by atoms with Gasteiger partial charge in [-0.3, -0.25) is 10.1 Å². The van der Waals surface area contributed by atoms with Gasteiger partial charge < -0.3 is 14.8 Å². The zero-order chi connectivity index (χ0) is 19.3. The Kier molecular flexibility index (Phi) is 8.29. The Labute approximate surface area is 170 Å². The summed E-state index contributed by atoms with van der Waals surface area (Å²) in [6, 6.07) is 2.67. The van der Waals surface area contributed by atoms with Crippen molar-refractivity contribution in [3.05, 3.63) is 22.2 Å². The van der Waals surface area contributed by atoms with Crippen molar-refractivity contribution in [2.45, 2.75) is 49.5 Å². The predicted octanol–water partition coefficient (Wildman–Crippen LogP) is 2.38. The lowest BCUT2D eigenvalue weighted by Gasteiger charge is -2.19. The number of nitrogens with one attached hydrogen (secondary N) is 2. The van der Waals surface area contributed by atoms with Crippen LogP contribution in [0.3, 0.4) is 0 Å². The van der Waals surface area contributed by atoms with E-state index in [1.807, 2.05) is 0 Å². The fraction of sp³-hybridized carbons (Fsp3) is 0.647. The molecule has 28 heavy (non-hydrogen) atoms. The minimum atomic E-state index is -4.05. The number of sulfonamides is 1. The fourth-order valence-electron chi connectivity index (χ4n) is 3.44. The number of nitrogens with zero attached hydrogens (tertiary/aromatic N) is 1. The largest absolute Gasteiger partial charge is 0.486 e. The van der Waals surface area contributed by atoms with Crippen LogP contribution in [-0.4, -0.2) is 45.7 Å². The molecule has 0 saturated heterocycles. The van der Waals surface area contributed by atoms with Crippen LogP contribution < -0.4 is 19.5 Å². The Hall–Kier alpha value is -1.62. The minimum Gasteiger partial charge on any atom is -0.486 e. The standard InChI is InChI=1S/C17H25N3O6S.ClH/c21-20(22)14-11-15-16(26-10-9-25-15)12-17(14)27(23,24)19-8-7-18-13-5-3-1-2-4-6-13;/h11-13,18-19H,1-10H2;1H. The first-order valence-corrected chi connectivity index (χ1v) is 10.8. The van der Waals surface area contributed by atoms with Crippen molar-refractivity contribution in [2.24, 2.45) is 0 Å². The maximum atomic E-state index is 12.6. The first-order valence-electron chi connectivity index (χ1n) is 9.28. The van der Waals surface area contributed by atoms with Gasteiger partial charge in [-0.2, -0.15) is 0 Å². The molecule has 0 aromatic heterocycles. The summed E-state index contributed by atoms with van der Waals surface area (Å²) in [6.07, 6.45) is 7.07. The van der Waals surface area contributed by atoms with Gasteiger partial charge >= 0.3 is 0 Å². The van der Waals surface area contributed by atoms with Gasteiger partial charge in [-0.25, -0.2) is 13.1 Å². The van der Waals surface area contributed by atoms with E-state index in [4.69, 9.17) is 9.47 Å². The van der Waals surface area contributed by atoms with Crippen LogP contribution in [-0.2, 0) is 10.0 Å². The average Bonchev–Trinajstić information content (AvgIpc) is 2.93. The van der Waals surface area contributed by atoms with Crippen molar-refractivity contribution in [1.29, 1.82) is 0 Å². The van der Waals surface area contributed by atoms with E-state index in [1.165, 1.54) is 25.7 Å². The van der Waals surface area contributed by atoms with Gasteiger partial charge in [0.1, 0.15) is 13.2 Å². The molecule has 1 saturated carbocycles. The maximum absolute atomic E-state index is 12.6. The zero-order valence-corrected chi connectivity index (χ0v) is 17.1. The Bertz CT molecular complexity index is 781. The van der Waals surface area contributed by atoms with Gasteiger partial charge in [-0.05, 0) is 12.8 Å². The number of halogens is 1. The summed E-state index contributed by atoms with van der Waals surface area (Å²) >= 11 is 0. The van der Waals surface area contributed by atoms with Gasteiger partial charge in [0.05, 0.1) is 11.0 Å². The predicted molar refractivity (Wildman–Crippen MR) is 106 cm³/mol. The van der Waals surface area contributed by atoms with Crippen LogP contribution in [0.2, 0.25) is 0 Å². The first kappa shape index (κ1) is 22.7. The molecule has 158 valence electrons. The summed E-state index contributed by atoms with van der Waals surface area (Å²) < 4.78 is 38.3. The van der Waals surface area contributed by atoms with Crippen LogP contribution in [0.1, 0.15) is 38.5 Å². The monoisotopic (exact) mass is 435 g/mol. The highest BCUT2D eigenvalue weighted by Gasteiger charge is 2.30. The molecule has 0 radical (unpaired) electrons. The molecule has 1 heterocycles. The second-order valence-electron chi connectivity index (χ2n) is 6.76. The molecule has 2 aliphatic rings. The summed E-state index contributed by atoms with van der Waals surface area (Å²) in [4.78, 5) is 10.2.